The molecule has 0 aliphatic carbocycles. The van der Waals surface area contributed by atoms with Crippen molar-refractivity contribution in [3.63, 3.8) is 0 Å². The Bertz CT molecular complexity index is 3880. The van der Waals surface area contributed by atoms with Crippen molar-refractivity contribution in [3.05, 3.63) is 241 Å². The molecule has 0 atom stereocenters. The van der Waals surface area contributed by atoms with E-state index in [-0.39, 0.29) is 0 Å². The molecule has 0 radical (unpaired) electrons. The number of para-hydroxylation sites is 2. The Kier molecular flexibility index (Phi) is 9.70. The molecule has 0 N–H and O–H groups in total. The standard InChI is InChI=1S/C66H48N2O2/c1-41-25-27-43(3)57(33-41)67(51-21-13-7-14-22-51)53-31-29-47-37-55-59(39-49(47)35-53)69-65-63(55)61(45-17-9-5-10-18-45)62(46-19-11-6-12-20-46)64-56-38-48-30-32-54(36-50(48)40-60(56)70-66(64)65)68(52-23-15-8-16-24-52)58-34-42(2)26-28-44(58)4/h5-40H,1-4H3. The van der Waals surface area contributed by atoms with E-state index < -0.39 is 0 Å². The Labute approximate surface area is 406 Å². The number of hydrogen-bond donors (Lipinski definition) is 0. The molecule has 13 rings (SSSR count). The average Bonchev–Trinajstić information content (AvgIpc) is 3.95. The normalized spacial score (nSPS) is 11.7. The number of furan rings is 2. The molecule has 2 heterocycles. The van der Waals surface area contributed by atoms with Gasteiger partial charge >= 0.3 is 0 Å². The third-order valence-electron chi connectivity index (χ3n) is 14.1. The zero-order chi connectivity index (χ0) is 47.0. The average molecular weight is 901 g/mol. The van der Waals surface area contributed by atoms with Crippen LogP contribution in [0.25, 0.3) is 87.7 Å². The second-order valence-corrected chi connectivity index (χ2v) is 18.8. The molecule has 11 aromatic carbocycles. The van der Waals surface area contributed by atoms with Gasteiger partial charge in [0.15, 0.2) is 11.2 Å². The lowest BCUT2D eigenvalue weighted by atomic mass is 9.87. The van der Waals surface area contributed by atoms with Crippen LogP contribution in [-0.4, -0.2) is 0 Å². The molecule has 0 amide bonds. The van der Waals surface area contributed by atoms with Crippen LogP contribution in [0, 0.1) is 27.7 Å². The van der Waals surface area contributed by atoms with Gasteiger partial charge < -0.3 is 18.6 Å². The lowest BCUT2D eigenvalue weighted by Crippen LogP contribution is -2.11. The molecule has 13 aromatic rings. The SMILES string of the molecule is Cc1ccc(C)c(N(c2ccccc2)c2ccc3cc4c(cc3c2)oc2c3oc5cc6cc(N(c7ccccc7)c7cc(C)ccc7C)ccc6cc5c3c(-c3ccccc3)c(-c3ccccc3)c42)c1. The monoisotopic (exact) mass is 900 g/mol. The largest absolute Gasteiger partial charge is 0.452 e. The van der Waals surface area contributed by atoms with Crippen LogP contribution in [0.3, 0.4) is 0 Å². The number of fused-ring (bicyclic) bond motifs is 9. The van der Waals surface area contributed by atoms with Crippen molar-refractivity contribution in [2.45, 2.75) is 27.7 Å². The molecular formula is C66H48N2O2. The van der Waals surface area contributed by atoms with Crippen LogP contribution < -0.4 is 9.80 Å². The summed E-state index contributed by atoms with van der Waals surface area (Å²) in [7, 11) is 0. The molecule has 334 valence electrons. The summed E-state index contributed by atoms with van der Waals surface area (Å²) >= 11 is 0. The van der Waals surface area contributed by atoms with Crippen LogP contribution >= 0.6 is 0 Å². The predicted molar refractivity (Wildman–Crippen MR) is 295 cm³/mol. The van der Waals surface area contributed by atoms with Crippen LogP contribution in [0.2, 0.25) is 0 Å². The van der Waals surface area contributed by atoms with Crippen LogP contribution in [-0.2, 0) is 0 Å². The number of benzene rings is 11. The summed E-state index contributed by atoms with van der Waals surface area (Å²) in [5.41, 5.74) is 19.1. The van der Waals surface area contributed by atoms with E-state index in [1.807, 2.05) is 0 Å². The maximum Gasteiger partial charge on any atom is 0.179 e. The fourth-order valence-electron chi connectivity index (χ4n) is 10.7. The highest BCUT2D eigenvalue weighted by atomic mass is 16.4. The van der Waals surface area contributed by atoms with E-state index >= 15 is 0 Å². The first-order valence-electron chi connectivity index (χ1n) is 24.1. The first kappa shape index (κ1) is 41.3. The zero-order valence-electron chi connectivity index (χ0n) is 39.5. The van der Waals surface area contributed by atoms with Crippen molar-refractivity contribution in [3.8, 4) is 22.3 Å². The Morgan fingerprint density at radius 1 is 0.314 bits per heavy atom. The van der Waals surface area contributed by atoms with E-state index in [1.165, 1.54) is 22.3 Å². The van der Waals surface area contributed by atoms with Crippen molar-refractivity contribution in [2.24, 2.45) is 0 Å². The van der Waals surface area contributed by atoms with Gasteiger partial charge in [0.1, 0.15) is 11.2 Å². The molecule has 2 aromatic heterocycles. The highest BCUT2D eigenvalue weighted by molar-refractivity contribution is 6.31. The first-order valence-corrected chi connectivity index (χ1v) is 24.1. The molecule has 0 aliphatic rings. The van der Waals surface area contributed by atoms with Gasteiger partial charge in [0.05, 0.1) is 0 Å². The summed E-state index contributed by atoms with van der Waals surface area (Å²) in [6.45, 7) is 8.68. The van der Waals surface area contributed by atoms with Gasteiger partial charge in [-0.15, -0.1) is 0 Å². The van der Waals surface area contributed by atoms with Gasteiger partial charge in [-0.3, -0.25) is 0 Å². The van der Waals surface area contributed by atoms with Crippen molar-refractivity contribution in [1.82, 2.24) is 0 Å². The third kappa shape index (κ3) is 6.83. The third-order valence-corrected chi connectivity index (χ3v) is 14.1. The van der Waals surface area contributed by atoms with Crippen LogP contribution in [0.1, 0.15) is 22.3 Å². The molecule has 0 spiro atoms. The molecule has 0 saturated heterocycles. The van der Waals surface area contributed by atoms with E-state index in [4.69, 9.17) is 8.83 Å². The molecule has 0 fully saturated rings. The van der Waals surface area contributed by atoms with Gasteiger partial charge in [-0.2, -0.15) is 0 Å². The fraction of sp³-hybridized carbons (Fsp3) is 0.0606. The summed E-state index contributed by atoms with van der Waals surface area (Å²) < 4.78 is 14.4. The zero-order valence-corrected chi connectivity index (χ0v) is 39.5. The van der Waals surface area contributed by atoms with Crippen molar-refractivity contribution < 1.29 is 8.83 Å². The molecule has 0 saturated carbocycles. The first-order chi connectivity index (χ1) is 34.3. The number of hydrogen-bond acceptors (Lipinski definition) is 4. The number of nitrogens with zero attached hydrogens (tertiary/aromatic N) is 2. The summed E-state index contributed by atoms with van der Waals surface area (Å²) in [6, 6.07) is 78.8. The lowest BCUT2D eigenvalue weighted by Gasteiger charge is -2.27. The summed E-state index contributed by atoms with van der Waals surface area (Å²) in [4.78, 5) is 4.72. The molecule has 4 heteroatoms. The summed E-state index contributed by atoms with van der Waals surface area (Å²) in [6.07, 6.45) is 0. The van der Waals surface area contributed by atoms with Gasteiger partial charge in [-0.25, -0.2) is 0 Å². The van der Waals surface area contributed by atoms with Gasteiger partial charge in [-0.05, 0) is 168 Å². The molecule has 0 aliphatic heterocycles. The minimum absolute atomic E-state index is 0.742. The smallest absolute Gasteiger partial charge is 0.179 e. The number of anilines is 6. The number of aryl methyl sites for hydroxylation is 4. The predicted octanol–water partition coefficient (Wildman–Crippen LogP) is 19.3. The highest BCUT2D eigenvalue weighted by Crippen LogP contribution is 2.52. The molecule has 70 heavy (non-hydrogen) atoms. The van der Waals surface area contributed by atoms with E-state index in [1.54, 1.807) is 0 Å². The fourth-order valence-corrected chi connectivity index (χ4v) is 10.7. The quantitative estimate of drug-likeness (QED) is 0.152. The van der Waals surface area contributed by atoms with Crippen LogP contribution in [0.5, 0.6) is 0 Å². The van der Waals surface area contributed by atoms with E-state index in [9.17, 15) is 0 Å². The molecular weight excluding hydrogens is 853 g/mol. The summed E-state index contributed by atoms with van der Waals surface area (Å²) in [5, 5.41) is 8.61. The van der Waals surface area contributed by atoms with Crippen LogP contribution in [0.15, 0.2) is 227 Å². The van der Waals surface area contributed by atoms with Crippen LogP contribution in [0.4, 0.5) is 34.1 Å². The molecule has 0 bridgehead atoms. The second kappa shape index (κ2) is 16.4. The van der Waals surface area contributed by atoms with Crippen molar-refractivity contribution in [1.29, 1.82) is 0 Å². The number of rotatable bonds is 8. The van der Waals surface area contributed by atoms with Gasteiger partial charge in [0, 0.05) is 66.8 Å². The lowest BCUT2D eigenvalue weighted by molar-refractivity contribution is 0.634. The Morgan fingerprint density at radius 2 is 0.700 bits per heavy atom. The maximum atomic E-state index is 7.21. The van der Waals surface area contributed by atoms with Crippen molar-refractivity contribution in [2.75, 3.05) is 9.80 Å². The van der Waals surface area contributed by atoms with E-state index in [0.29, 0.717) is 0 Å². The minimum Gasteiger partial charge on any atom is -0.452 e. The van der Waals surface area contributed by atoms with E-state index in [0.717, 1.165) is 122 Å². The highest BCUT2D eigenvalue weighted by Gasteiger charge is 2.28. The minimum atomic E-state index is 0.742. The van der Waals surface area contributed by atoms with Crippen molar-refractivity contribution >= 4 is 99.5 Å². The topological polar surface area (TPSA) is 32.8 Å². The van der Waals surface area contributed by atoms with Gasteiger partial charge in [0.25, 0.3) is 0 Å². The van der Waals surface area contributed by atoms with Gasteiger partial charge in [0.2, 0.25) is 0 Å². The second-order valence-electron chi connectivity index (χ2n) is 18.8. The molecule has 4 nitrogen and oxygen atoms in total. The van der Waals surface area contributed by atoms with E-state index in [2.05, 4.69) is 256 Å². The summed E-state index contributed by atoms with van der Waals surface area (Å²) in [5.74, 6) is 0. The Balaban J connectivity index is 1.07. The Hall–Kier alpha value is -8.86. The maximum absolute atomic E-state index is 7.21. The Morgan fingerprint density at radius 3 is 1.10 bits per heavy atom. The van der Waals surface area contributed by atoms with Gasteiger partial charge in [-0.1, -0.05) is 133 Å². The molecule has 0 unspecified atom stereocenters.